The first-order valence-corrected chi connectivity index (χ1v) is 5.70. The minimum atomic E-state index is -1.11. The Morgan fingerprint density at radius 3 is 2.65 bits per heavy atom. The Balaban J connectivity index is 2.05. The van der Waals surface area contributed by atoms with Crippen LogP contribution >= 0.6 is 0 Å². The number of rotatable bonds is 4. The van der Waals surface area contributed by atoms with E-state index in [9.17, 15) is 9.59 Å². The van der Waals surface area contributed by atoms with Crippen LogP contribution in [0.1, 0.15) is 23.3 Å². The summed E-state index contributed by atoms with van der Waals surface area (Å²) in [6.45, 7) is 3.29. The van der Waals surface area contributed by atoms with Crippen LogP contribution < -0.4 is 5.56 Å². The van der Waals surface area contributed by atoms with Gasteiger partial charge >= 0.3 is 5.97 Å². The van der Waals surface area contributed by atoms with E-state index in [2.05, 4.69) is 10.00 Å². The van der Waals surface area contributed by atoms with Gasteiger partial charge in [-0.15, -0.1) is 0 Å². The lowest BCUT2D eigenvalue weighted by Gasteiger charge is -2.14. The smallest absolute Gasteiger partial charge is 0.356 e. The fourth-order valence-corrected chi connectivity index (χ4v) is 1.97. The van der Waals surface area contributed by atoms with Crippen LogP contribution in [0.5, 0.6) is 0 Å². The number of hydrogen-bond acceptors (Lipinski definition) is 4. The zero-order valence-electron chi connectivity index (χ0n) is 9.50. The molecule has 0 aliphatic carbocycles. The van der Waals surface area contributed by atoms with Crippen LogP contribution in [0.2, 0.25) is 0 Å². The molecule has 0 spiro atoms. The Labute approximate surface area is 98.5 Å². The van der Waals surface area contributed by atoms with Crippen molar-refractivity contribution in [2.75, 3.05) is 19.6 Å². The molecule has 1 N–H and O–H groups in total. The fraction of sp³-hybridized carbons (Fsp3) is 0.545. The van der Waals surface area contributed by atoms with Crippen molar-refractivity contribution in [1.29, 1.82) is 0 Å². The first-order chi connectivity index (χ1) is 8.16. The Morgan fingerprint density at radius 2 is 2.00 bits per heavy atom. The molecule has 0 radical (unpaired) electrons. The van der Waals surface area contributed by atoms with Crippen molar-refractivity contribution in [2.24, 2.45) is 0 Å². The zero-order valence-corrected chi connectivity index (χ0v) is 9.50. The second kappa shape index (κ2) is 5.09. The van der Waals surface area contributed by atoms with Crippen LogP contribution in [-0.2, 0) is 6.54 Å². The van der Waals surface area contributed by atoms with E-state index in [0.717, 1.165) is 19.6 Å². The monoisotopic (exact) mass is 237 g/mol. The van der Waals surface area contributed by atoms with Crippen LogP contribution in [-0.4, -0.2) is 45.4 Å². The molecule has 1 aliphatic rings. The molecule has 92 valence electrons. The largest absolute Gasteiger partial charge is 0.476 e. The lowest BCUT2D eigenvalue weighted by molar-refractivity contribution is 0.0687. The van der Waals surface area contributed by atoms with Crippen LogP contribution in [0.15, 0.2) is 16.9 Å². The molecule has 0 bridgehead atoms. The lowest BCUT2D eigenvalue weighted by Crippen LogP contribution is -2.31. The van der Waals surface area contributed by atoms with Crippen LogP contribution in [0.3, 0.4) is 0 Å². The average Bonchev–Trinajstić information content (AvgIpc) is 2.80. The maximum absolute atomic E-state index is 11.5. The summed E-state index contributed by atoms with van der Waals surface area (Å²) in [5, 5.41) is 12.6. The van der Waals surface area contributed by atoms with Crippen molar-refractivity contribution >= 4 is 5.97 Å². The van der Waals surface area contributed by atoms with Gasteiger partial charge in [0.05, 0.1) is 6.54 Å². The van der Waals surface area contributed by atoms with Crippen molar-refractivity contribution in [1.82, 2.24) is 14.7 Å². The number of carboxylic acid groups (broad SMARTS) is 1. The Bertz CT molecular complexity index is 463. The minimum absolute atomic E-state index is 0.0916. The van der Waals surface area contributed by atoms with Gasteiger partial charge in [0.25, 0.3) is 5.56 Å². The number of hydrogen-bond donors (Lipinski definition) is 1. The molecule has 0 saturated carbocycles. The van der Waals surface area contributed by atoms with E-state index >= 15 is 0 Å². The normalized spacial score (nSPS) is 16.2. The number of carbonyl (C=O) groups is 1. The Kier molecular flexibility index (Phi) is 3.53. The van der Waals surface area contributed by atoms with E-state index < -0.39 is 5.97 Å². The highest BCUT2D eigenvalue weighted by molar-refractivity contribution is 5.84. The van der Waals surface area contributed by atoms with Gasteiger partial charge in [0, 0.05) is 12.6 Å². The predicted molar refractivity (Wildman–Crippen MR) is 61.1 cm³/mol. The second-order valence-electron chi connectivity index (χ2n) is 4.13. The van der Waals surface area contributed by atoms with Crippen LogP contribution in [0.25, 0.3) is 0 Å². The van der Waals surface area contributed by atoms with Gasteiger partial charge in [0.2, 0.25) is 0 Å². The maximum atomic E-state index is 11.5. The summed E-state index contributed by atoms with van der Waals surface area (Å²) in [6, 6.07) is 2.48. The molecule has 6 nitrogen and oxygen atoms in total. The summed E-state index contributed by atoms with van der Waals surface area (Å²) in [5.74, 6) is -1.11. The third-order valence-electron chi connectivity index (χ3n) is 2.91. The van der Waals surface area contributed by atoms with Gasteiger partial charge in [-0.1, -0.05) is 0 Å². The third-order valence-corrected chi connectivity index (χ3v) is 2.91. The summed E-state index contributed by atoms with van der Waals surface area (Å²) in [7, 11) is 0. The molecule has 2 heterocycles. The quantitative estimate of drug-likeness (QED) is 0.800. The molecule has 0 amide bonds. The molecule has 1 saturated heterocycles. The maximum Gasteiger partial charge on any atom is 0.356 e. The van der Waals surface area contributed by atoms with Crippen LogP contribution in [0, 0.1) is 0 Å². The van der Waals surface area contributed by atoms with Gasteiger partial charge in [0.15, 0.2) is 5.69 Å². The SMILES string of the molecule is O=C(O)c1ccc(=O)n(CCN2CCCC2)n1. The van der Waals surface area contributed by atoms with Gasteiger partial charge in [-0.25, -0.2) is 9.48 Å². The molecule has 17 heavy (non-hydrogen) atoms. The standard InChI is InChI=1S/C11H15N3O3/c15-10-4-3-9(11(16)17)12-14(10)8-7-13-5-1-2-6-13/h3-4H,1-2,5-8H2,(H,16,17). The predicted octanol–water partition coefficient (Wildman–Crippen LogP) is 0.0373. The van der Waals surface area contributed by atoms with Gasteiger partial charge in [0.1, 0.15) is 0 Å². The first-order valence-electron chi connectivity index (χ1n) is 5.70. The van der Waals surface area contributed by atoms with E-state index in [1.54, 1.807) is 0 Å². The minimum Gasteiger partial charge on any atom is -0.476 e. The van der Waals surface area contributed by atoms with Gasteiger partial charge in [-0.2, -0.15) is 5.10 Å². The van der Waals surface area contributed by atoms with E-state index in [-0.39, 0.29) is 11.3 Å². The molecule has 1 aromatic heterocycles. The summed E-state index contributed by atoms with van der Waals surface area (Å²) >= 11 is 0. The summed E-state index contributed by atoms with van der Waals surface area (Å²) < 4.78 is 1.22. The van der Waals surface area contributed by atoms with Crippen molar-refractivity contribution in [3.05, 3.63) is 28.2 Å². The molecule has 2 rings (SSSR count). The van der Waals surface area contributed by atoms with Gasteiger partial charge < -0.3 is 10.0 Å². The van der Waals surface area contributed by atoms with Crippen molar-refractivity contribution in [3.63, 3.8) is 0 Å². The number of aromatic carboxylic acids is 1. The molecular weight excluding hydrogens is 222 g/mol. The van der Waals surface area contributed by atoms with Gasteiger partial charge in [-0.05, 0) is 32.0 Å². The molecule has 6 heteroatoms. The molecule has 0 atom stereocenters. The summed E-state index contributed by atoms with van der Waals surface area (Å²) in [5.41, 5.74) is -0.347. The lowest BCUT2D eigenvalue weighted by atomic mass is 10.4. The fourth-order valence-electron chi connectivity index (χ4n) is 1.97. The van der Waals surface area contributed by atoms with Crippen LogP contribution in [0.4, 0.5) is 0 Å². The number of likely N-dealkylation sites (tertiary alicyclic amines) is 1. The van der Waals surface area contributed by atoms with E-state index in [1.807, 2.05) is 0 Å². The van der Waals surface area contributed by atoms with E-state index in [4.69, 9.17) is 5.11 Å². The van der Waals surface area contributed by atoms with Crippen molar-refractivity contribution in [2.45, 2.75) is 19.4 Å². The van der Waals surface area contributed by atoms with E-state index in [0.29, 0.717) is 6.54 Å². The number of aromatic nitrogens is 2. The zero-order chi connectivity index (χ0) is 12.3. The van der Waals surface area contributed by atoms with Crippen molar-refractivity contribution < 1.29 is 9.90 Å². The average molecular weight is 237 g/mol. The molecule has 1 aromatic rings. The summed E-state index contributed by atoms with van der Waals surface area (Å²) in [4.78, 5) is 24.5. The summed E-state index contributed by atoms with van der Waals surface area (Å²) in [6.07, 6.45) is 2.38. The van der Waals surface area contributed by atoms with Crippen molar-refractivity contribution in [3.8, 4) is 0 Å². The molecule has 0 aromatic carbocycles. The highest BCUT2D eigenvalue weighted by Gasteiger charge is 2.12. The topological polar surface area (TPSA) is 75.4 Å². The number of carboxylic acids is 1. The molecule has 0 unspecified atom stereocenters. The highest BCUT2D eigenvalue weighted by atomic mass is 16.4. The Morgan fingerprint density at radius 1 is 1.29 bits per heavy atom. The van der Waals surface area contributed by atoms with E-state index in [1.165, 1.54) is 29.7 Å². The van der Waals surface area contributed by atoms with Gasteiger partial charge in [-0.3, -0.25) is 4.79 Å². The highest BCUT2D eigenvalue weighted by Crippen LogP contribution is 2.06. The first kappa shape index (κ1) is 11.8. The third kappa shape index (κ3) is 2.91. The molecule has 1 fully saturated rings. The number of nitrogens with zero attached hydrogens (tertiary/aromatic N) is 3. The Hall–Kier alpha value is -1.69. The second-order valence-corrected chi connectivity index (χ2v) is 4.13. The molecule has 1 aliphatic heterocycles. The molecular formula is C11H15N3O3.